The molecule has 1 aromatic rings. The predicted octanol–water partition coefficient (Wildman–Crippen LogP) is 3.42. The smallest absolute Gasteiger partial charge is 0.329 e. The van der Waals surface area contributed by atoms with Crippen LogP contribution < -0.4 is 10.6 Å². The first-order chi connectivity index (χ1) is 20.7. The van der Waals surface area contributed by atoms with E-state index in [4.69, 9.17) is 15.9 Å². The molecule has 1 aliphatic rings. The third kappa shape index (κ3) is 9.83. The quantitative estimate of drug-likeness (QED) is 0.262. The van der Waals surface area contributed by atoms with Gasteiger partial charge in [-0.05, 0) is 44.1 Å². The number of rotatable bonds is 8. The van der Waals surface area contributed by atoms with Gasteiger partial charge in [0.2, 0.25) is 11.8 Å². The van der Waals surface area contributed by atoms with Crippen molar-refractivity contribution in [1.29, 1.82) is 0 Å². The molecule has 5 atom stereocenters. The Labute approximate surface area is 262 Å². The summed E-state index contributed by atoms with van der Waals surface area (Å²) in [6, 6.07) is 7.23. The molecule has 44 heavy (non-hydrogen) atoms. The molecule has 0 bridgehead atoms. The van der Waals surface area contributed by atoms with Crippen LogP contribution in [0.1, 0.15) is 79.2 Å². The third-order valence-electron chi connectivity index (χ3n) is 8.31. The molecule has 2 rings (SSSR count). The number of nitrogens with zero attached hydrogens (tertiary/aromatic N) is 1. The van der Waals surface area contributed by atoms with Gasteiger partial charge in [-0.15, -0.1) is 12.3 Å². The summed E-state index contributed by atoms with van der Waals surface area (Å²) in [6.07, 6.45) is 5.27. The molecule has 0 aliphatic carbocycles. The highest BCUT2D eigenvalue weighted by atomic mass is 16.6. The van der Waals surface area contributed by atoms with Gasteiger partial charge in [0.1, 0.15) is 18.2 Å². The number of hydrogen-bond donors (Lipinski definition) is 2. The SMILES string of the molecule is C#CCCC[C@H]1OC(=O)CCNC(=O)[C@@H](Cc2ccccc2)N(C)C(=O)[C@@H](C(C)C)OC(=O)[C@H]([C@@H](C)CC)NC(=O)C1(C)C. The van der Waals surface area contributed by atoms with Crippen molar-refractivity contribution in [2.24, 2.45) is 17.3 Å². The Bertz CT molecular complexity index is 1190. The molecular formula is C34H49N3O7. The van der Waals surface area contributed by atoms with Crippen molar-refractivity contribution in [2.75, 3.05) is 13.6 Å². The number of ether oxygens (including phenoxy) is 2. The maximum atomic E-state index is 13.9. The summed E-state index contributed by atoms with van der Waals surface area (Å²) in [7, 11) is 1.50. The van der Waals surface area contributed by atoms with Gasteiger partial charge in [0.15, 0.2) is 6.10 Å². The zero-order valence-corrected chi connectivity index (χ0v) is 27.2. The van der Waals surface area contributed by atoms with Crippen molar-refractivity contribution in [3.8, 4) is 12.3 Å². The van der Waals surface area contributed by atoms with E-state index < -0.39 is 65.3 Å². The minimum atomic E-state index is -1.23. The molecule has 1 saturated heterocycles. The van der Waals surface area contributed by atoms with Gasteiger partial charge in [0, 0.05) is 26.4 Å². The van der Waals surface area contributed by atoms with Crippen LogP contribution >= 0.6 is 0 Å². The molecule has 3 amide bonds. The molecule has 10 nitrogen and oxygen atoms in total. The lowest BCUT2D eigenvalue weighted by molar-refractivity contribution is -0.168. The van der Waals surface area contributed by atoms with Gasteiger partial charge < -0.3 is 25.0 Å². The summed E-state index contributed by atoms with van der Waals surface area (Å²) in [4.78, 5) is 69.0. The number of carbonyl (C=O) groups is 5. The summed E-state index contributed by atoms with van der Waals surface area (Å²) in [5, 5.41) is 5.60. The molecule has 1 fully saturated rings. The van der Waals surface area contributed by atoms with Crippen molar-refractivity contribution in [3.05, 3.63) is 35.9 Å². The maximum Gasteiger partial charge on any atom is 0.329 e. The Morgan fingerprint density at radius 2 is 1.73 bits per heavy atom. The monoisotopic (exact) mass is 611 g/mol. The van der Waals surface area contributed by atoms with E-state index >= 15 is 0 Å². The van der Waals surface area contributed by atoms with Crippen LogP contribution in [0.4, 0.5) is 0 Å². The number of cyclic esters (lactones) is 2. The fourth-order valence-corrected chi connectivity index (χ4v) is 4.99. The van der Waals surface area contributed by atoms with Crippen molar-refractivity contribution < 1.29 is 33.4 Å². The molecular weight excluding hydrogens is 562 g/mol. The molecule has 0 saturated carbocycles. The lowest BCUT2D eigenvalue weighted by Gasteiger charge is -2.35. The Balaban J connectivity index is 2.55. The van der Waals surface area contributed by atoms with E-state index in [0.717, 1.165) is 5.56 Å². The standard InChI is InChI=1S/C34H49N3O7/c1-9-11-13-18-26-34(6,7)33(42)36-28(23(5)10-2)32(41)44-29(22(3)4)31(40)37(8)25(21-24-16-14-12-15-17-24)30(39)35-20-19-27(38)43-26/h1,12,14-17,22-23,25-26,28-29H,10-11,13,18-21H2,2-8H3,(H,35,39)(H,36,42)/t23-,25+,26+,28-,29+/m0/s1. The first kappa shape index (κ1) is 36.3. The molecule has 10 heteroatoms. The minimum absolute atomic E-state index is 0.0344. The number of likely N-dealkylation sites (N-methyl/N-ethyl adjacent to an activating group) is 1. The fraction of sp³-hybridized carbons (Fsp3) is 0.618. The third-order valence-corrected chi connectivity index (χ3v) is 8.31. The van der Waals surface area contributed by atoms with E-state index in [9.17, 15) is 24.0 Å². The van der Waals surface area contributed by atoms with E-state index in [-0.39, 0.29) is 25.3 Å². The van der Waals surface area contributed by atoms with Gasteiger partial charge in [-0.25, -0.2) is 4.79 Å². The van der Waals surface area contributed by atoms with Crippen LogP contribution in [-0.2, 0) is 39.9 Å². The number of esters is 2. The average Bonchev–Trinajstić information content (AvgIpc) is 2.99. The van der Waals surface area contributed by atoms with Crippen LogP contribution in [-0.4, -0.2) is 72.4 Å². The molecule has 0 aromatic heterocycles. The maximum absolute atomic E-state index is 13.9. The zero-order valence-electron chi connectivity index (χ0n) is 27.2. The highest BCUT2D eigenvalue weighted by Gasteiger charge is 2.43. The van der Waals surface area contributed by atoms with E-state index in [0.29, 0.717) is 25.7 Å². The molecule has 0 radical (unpaired) electrons. The number of benzene rings is 1. The molecule has 1 aromatic carbocycles. The van der Waals surface area contributed by atoms with Gasteiger partial charge in [0.05, 0.1) is 11.8 Å². The number of unbranched alkanes of at least 4 members (excludes halogenated alkanes) is 1. The molecule has 1 aliphatic heterocycles. The first-order valence-electron chi connectivity index (χ1n) is 15.5. The summed E-state index contributed by atoms with van der Waals surface area (Å²) in [5.74, 6) is -1.04. The average molecular weight is 612 g/mol. The number of amides is 3. The Kier molecular flexibility index (Phi) is 13.9. The minimum Gasteiger partial charge on any atom is -0.461 e. The molecule has 0 unspecified atom stereocenters. The predicted molar refractivity (Wildman–Crippen MR) is 167 cm³/mol. The molecule has 242 valence electrons. The van der Waals surface area contributed by atoms with E-state index in [1.807, 2.05) is 44.2 Å². The fourth-order valence-electron chi connectivity index (χ4n) is 4.99. The van der Waals surface area contributed by atoms with Crippen LogP contribution in [0.3, 0.4) is 0 Å². The summed E-state index contributed by atoms with van der Waals surface area (Å²) in [6.45, 7) is 10.5. The van der Waals surface area contributed by atoms with Crippen molar-refractivity contribution in [2.45, 2.75) is 104 Å². The Morgan fingerprint density at radius 1 is 1.07 bits per heavy atom. The van der Waals surface area contributed by atoms with Gasteiger partial charge >= 0.3 is 11.9 Å². The Morgan fingerprint density at radius 3 is 2.32 bits per heavy atom. The van der Waals surface area contributed by atoms with E-state index in [2.05, 4.69) is 16.6 Å². The van der Waals surface area contributed by atoms with Gasteiger partial charge in [-0.1, -0.05) is 64.4 Å². The van der Waals surface area contributed by atoms with Crippen LogP contribution in [0.2, 0.25) is 0 Å². The van der Waals surface area contributed by atoms with Gasteiger partial charge in [-0.3, -0.25) is 19.2 Å². The highest BCUT2D eigenvalue weighted by Crippen LogP contribution is 2.29. The second kappa shape index (κ2) is 16.8. The van der Waals surface area contributed by atoms with Gasteiger partial charge in [-0.2, -0.15) is 0 Å². The lowest BCUT2D eigenvalue weighted by atomic mass is 9.82. The number of carbonyl (C=O) groups excluding carboxylic acids is 5. The summed E-state index contributed by atoms with van der Waals surface area (Å²) < 4.78 is 11.6. The summed E-state index contributed by atoms with van der Waals surface area (Å²) >= 11 is 0. The van der Waals surface area contributed by atoms with Crippen LogP contribution in [0.15, 0.2) is 30.3 Å². The second-order valence-corrected chi connectivity index (χ2v) is 12.4. The number of terminal acetylenes is 1. The number of nitrogens with one attached hydrogen (secondary N) is 2. The second-order valence-electron chi connectivity index (χ2n) is 12.4. The first-order valence-corrected chi connectivity index (χ1v) is 15.5. The van der Waals surface area contributed by atoms with Gasteiger partial charge in [0.25, 0.3) is 5.91 Å². The number of hydrogen-bond acceptors (Lipinski definition) is 7. The molecule has 1 heterocycles. The van der Waals surface area contributed by atoms with E-state index in [1.165, 1.54) is 11.9 Å². The van der Waals surface area contributed by atoms with Crippen LogP contribution in [0.25, 0.3) is 0 Å². The topological polar surface area (TPSA) is 131 Å². The largest absolute Gasteiger partial charge is 0.461 e. The lowest BCUT2D eigenvalue weighted by Crippen LogP contribution is -2.56. The van der Waals surface area contributed by atoms with Crippen molar-refractivity contribution in [1.82, 2.24) is 15.5 Å². The van der Waals surface area contributed by atoms with E-state index in [1.54, 1.807) is 27.7 Å². The normalized spacial score (nSPS) is 24.8. The highest BCUT2D eigenvalue weighted by molar-refractivity contribution is 5.92. The van der Waals surface area contributed by atoms with Crippen molar-refractivity contribution >= 4 is 29.7 Å². The Hall–Kier alpha value is -3.87. The molecule has 2 N–H and O–H groups in total. The van der Waals surface area contributed by atoms with Crippen LogP contribution in [0, 0.1) is 29.6 Å². The van der Waals surface area contributed by atoms with Crippen LogP contribution in [0.5, 0.6) is 0 Å². The molecule has 0 spiro atoms. The summed E-state index contributed by atoms with van der Waals surface area (Å²) in [5.41, 5.74) is -0.408. The van der Waals surface area contributed by atoms with Crippen molar-refractivity contribution in [3.63, 3.8) is 0 Å². The zero-order chi connectivity index (χ0) is 33.0.